The Bertz CT molecular complexity index is 891. The molecule has 3 rings (SSSR count). The molecule has 0 amide bonds. The average Bonchev–Trinajstić information content (AvgIpc) is 2.65. The molecule has 0 bridgehead atoms. The van der Waals surface area contributed by atoms with Gasteiger partial charge in [-0.1, -0.05) is 12.1 Å². The first-order chi connectivity index (χ1) is 11.7. The zero-order valence-electron chi connectivity index (χ0n) is 12.9. The minimum absolute atomic E-state index is 0.0660. The number of hydrogen-bond donors (Lipinski definition) is 0. The Hall–Kier alpha value is -3.28. The van der Waals surface area contributed by atoms with Crippen LogP contribution in [-0.2, 0) is 4.74 Å². The Labute approximate surface area is 138 Å². The van der Waals surface area contributed by atoms with E-state index in [-0.39, 0.29) is 18.1 Å². The standard InChI is InChI=1S/C18H14N2O4/c1-23-13-8-6-12(7-9-13)17(21)11-24-18(22)16-10-19-14-4-2-3-5-15(14)20-16/h2-10H,11H2,1H3. The van der Waals surface area contributed by atoms with Gasteiger partial charge in [0, 0.05) is 5.56 Å². The lowest BCUT2D eigenvalue weighted by molar-refractivity contribution is 0.0469. The molecule has 0 aliphatic rings. The first-order valence-electron chi connectivity index (χ1n) is 7.23. The molecule has 24 heavy (non-hydrogen) atoms. The lowest BCUT2D eigenvalue weighted by Crippen LogP contribution is -2.15. The maximum Gasteiger partial charge on any atom is 0.359 e. The maximum atomic E-state index is 12.0. The fourth-order valence-electron chi connectivity index (χ4n) is 2.12. The molecular formula is C18H14N2O4. The average molecular weight is 322 g/mol. The quantitative estimate of drug-likeness (QED) is 0.531. The second-order valence-electron chi connectivity index (χ2n) is 4.97. The molecule has 0 atom stereocenters. The first-order valence-corrected chi connectivity index (χ1v) is 7.23. The lowest BCUT2D eigenvalue weighted by atomic mass is 10.1. The normalized spacial score (nSPS) is 10.4. The number of ketones is 1. The summed E-state index contributed by atoms with van der Waals surface area (Å²) in [5.74, 6) is -0.343. The second-order valence-corrected chi connectivity index (χ2v) is 4.97. The predicted octanol–water partition coefficient (Wildman–Crippen LogP) is 2.68. The van der Waals surface area contributed by atoms with Gasteiger partial charge in [0.05, 0.1) is 24.3 Å². The topological polar surface area (TPSA) is 78.4 Å². The van der Waals surface area contributed by atoms with Crippen LogP contribution in [0.15, 0.2) is 54.7 Å². The predicted molar refractivity (Wildman–Crippen MR) is 87.1 cm³/mol. The number of Topliss-reactive ketones (excluding diaryl/α,β-unsaturated/α-hetero) is 1. The van der Waals surface area contributed by atoms with Crippen molar-refractivity contribution in [3.8, 4) is 5.75 Å². The summed E-state index contributed by atoms with van der Waals surface area (Å²) in [6, 6.07) is 13.8. The molecule has 3 aromatic rings. The smallest absolute Gasteiger partial charge is 0.359 e. The summed E-state index contributed by atoms with van der Waals surface area (Å²) in [5, 5.41) is 0. The first kappa shape index (κ1) is 15.6. The number of methoxy groups -OCH3 is 1. The van der Waals surface area contributed by atoms with E-state index < -0.39 is 5.97 Å². The zero-order chi connectivity index (χ0) is 16.9. The Balaban J connectivity index is 1.66. The molecule has 0 aliphatic heterocycles. The number of carbonyl (C=O) groups is 2. The number of rotatable bonds is 5. The van der Waals surface area contributed by atoms with Crippen molar-refractivity contribution in [2.24, 2.45) is 0 Å². The van der Waals surface area contributed by atoms with E-state index in [0.717, 1.165) is 0 Å². The molecule has 0 unspecified atom stereocenters. The van der Waals surface area contributed by atoms with Crippen molar-refractivity contribution >= 4 is 22.8 Å². The van der Waals surface area contributed by atoms with Crippen molar-refractivity contribution in [1.29, 1.82) is 0 Å². The summed E-state index contributed by atoms with van der Waals surface area (Å²) < 4.78 is 10.1. The van der Waals surface area contributed by atoms with Crippen LogP contribution in [0.3, 0.4) is 0 Å². The van der Waals surface area contributed by atoms with Gasteiger partial charge in [0.2, 0.25) is 0 Å². The number of esters is 1. The van der Waals surface area contributed by atoms with E-state index in [4.69, 9.17) is 9.47 Å². The van der Waals surface area contributed by atoms with E-state index in [0.29, 0.717) is 22.3 Å². The lowest BCUT2D eigenvalue weighted by Gasteiger charge is -2.05. The molecular weight excluding hydrogens is 308 g/mol. The Morgan fingerprint density at radius 3 is 2.42 bits per heavy atom. The maximum absolute atomic E-state index is 12.0. The Kier molecular flexibility index (Phi) is 4.47. The highest BCUT2D eigenvalue weighted by atomic mass is 16.5. The van der Waals surface area contributed by atoms with Gasteiger partial charge in [0.1, 0.15) is 5.75 Å². The number of aromatic nitrogens is 2. The highest BCUT2D eigenvalue weighted by Crippen LogP contribution is 2.12. The summed E-state index contributed by atoms with van der Waals surface area (Å²) in [4.78, 5) is 32.4. The summed E-state index contributed by atoms with van der Waals surface area (Å²) in [6.07, 6.45) is 1.34. The fraction of sp³-hybridized carbons (Fsp3) is 0.111. The molecule has 2 aromatic carbocycles. The number of hydrogen-bond acceptors (Lipinski definition) is 6. The number of benzene rings is 2. The number of para-hydroxylation sites is 2. The SMILES string of the molecule is COc1ccc(C(=O)COC(=O)c2cnc3ccccc3n2)cc1. The molecule has 0 aliphatic carbocycles. The van der Waals surface area contributed by atoms with Crippen molar-refractivity contribution in [2.45, 2.75) is 0 Å². The molecule has 6 nitrogen and oxygen atoms in total. The fourth-order valence-corrected chi connectivity index (χ4v) is 2.12. The van der Waals surface area contributed by atoms with Gasteiger partial charge >= 0.3 is 5.97 Å². The highest BCUT2D eigenvalue weighted by molar-refractivity contribution is 5.99. The van der Waals surface area contributed by atoms with Gasteiger partial charge in [-0.3, -0.25) is 9.78 Å². The zero-order valence-corrected chi connectivity index (χ0v) is 12.9. The largest absolute Gasteiger partial charge is 0.497 e. The number of ether oxygens (including phenoxy) is 2. The van der Waals surface area contributed by atoms with Crippen LogP contribution in [-0.4, -0.2) is 35.4 Å². The van der Waals surface area contributed by atoms with Crippen LogP contribution in [0.2, 0.25) is 0 Å². The molecule has 0 spiro atoms. The van der Waals surface area contributed by atoms with Gasteiger partial charge in [-0.05, 0) is 36.4 Å². The minimum Gasteiger partial charge on any atom is -0.497 e. The van der Waals surface area contributed by atoms with Gasteiger partial charge in [-0.2, -0.15) is 0 Å². The number of carbonyl (C=O) groups excluding carboxylic acids is 2. The summed E-state index contributed by atoms with van der Waals surface area (Å²) in [6.45, 7) is -0.361. The summed E-state index contributed by atoms with van der Waals surface area (Å²) >= 11 is 0. The minimum atomic E-state index is -0.685. The van der Waals surface area contributed by atoms with Crippen LogP contribution in [0.5, 0.6) is 5.75 Å². The van der Waals surface area contributed by atoms with Gasteiger partial charge in [-0.25, -0.2) is 9.78 Å². The van der Waals surface area contributed by atoms with Crippen molar-refractivity contribution in [3.05, 3.63) is 66.0 Å². The molecule has 120 valence electrons. The van der Waals surface area contributed by atoms with E-state index in [2.05, 4.69) is 9.97 Å². The van der Waals surface area contributed by atoms with Crippen molar-refractivity contribution in [2.75, 3.05) is 13.7 Å². The molecule has 0 saturated carbocycles. The summed E-state index contributed by atoms with van der Waals surface area (Å²) in [7, 11) is 1.54. The molecule has 1 heterocycles. The van der Waals surface area contributed by atoms with Crippen LogP contribution in [0.1, 0.15) is 20.8 Å². The van der Waals surface area contributed by atoms with Gasteiger partial charge in [0.25, 0.3) is 0 Å². The second kappa shape index (κ2) is 6.87. The third kappa shape index (κ3) is 3.38. The van der Waals surface area contributed by atoms with E-state index in [1.165, 1.54) is 6.20 Å². The van der Waals surface area contributed by atoms with Gasteiger partial charge < -0.3 is 9.47 Å². The van der Waals surface area contributed by atoms with Crippen molar-refractivity contribution in [3.63, 3.8) is 0 Å². The van der Waals surface area contributed by atoms with Crippen LogP contribution in [0, 0.1) is 0 Å². The number of nitrogens with zero attached hydrogens (tertiary/aromatic N) is 2. The summed E-state index contributed by atoms with van der Waals surface area (Å²) in [5.41, 5.74) is 1.78. The highest BCUT2D eigenvalue weighted by Gasteiger charge is 2.14. The van der Waals surface area contributed by atoms with Crippen molar-refractivity contribution in [1.82, 2.24) is 9.97 Å². The van der Waals surface area contributed by atoms with Crippen LogP contribution >= 0.6 is 0 Å². The molecule has 0 fully saturated rings. The van der Waals surface area contributed by atoms with E-state index in [1.807, 2.05) is 6.07 Å². The Morgan fingerprint density at radius 2 is 1.71 bits per heavy atom. The molecule has 1 aromatic heterocycles. The van der Waals surface area contributed by atoms with Crippen LogP contribution in [0.4, 0.5) is 0 Å². The van der Waals surface area contributed by atoms with E-state index >= 15 is 0 Å². The van der Waals surface area contributed by atoms with Crippen LogP contribution < -0.4 is 4.74 Å². The van der Waals surface area contributed by atoms with E-state index in [9.17, 15) is 9.59 Å². The number of fused-ring (bicyclic) bond motifs is 1. The third-order valence-corrected chi connectivity index (χ3v) is 3.40. The molecule has 6 heteroatoms. The molecule has 0 saturated heterocycles. The van der Waals surface area contributed by atoms with Gasteiger partial charge in [-0.15, -0.1) is 0 Å². The van der Waals surface area contributed by atoms with Gasteiger partial charge in [0.15, 0.2) is 18.1 Å². The monoisotopic (exact) mass is 322 g/mol. The van der Waals surface area contributed by atoms with Crippen molar-refractivity contribution < 1.29 is 19.1 Å². The van der Waals surface area contributed by atoms with Crippen LogP contribution in [0.25, 0.3) is 11.0 Å². The Morgan fingerprint density at radius 1 is 1.00 bits per heavy atom. The molecule has 0 N–H and O–H groups in total. The third-order valence-electron chi connectivity index (χ3n) is 3.40. The molecule has 0 radical (unpaired) electrons. The van der Waals surface area contributed by atoms with E-state index in [1.54, 1.807) is 49.6 Å².